The zero-order chi connectivity index (χ0) is 10.7. The number of anilines is 1. The molecule has 0 unspecified atom stereocenters. The third-order valence-electron chi connectivity index (χ3n) is 1.99. The van der Waals surface area contributed by atoms with Gasteiger partial charge in [-0.05, 0) is 19.1 Å². The number of rotatable bonds is 3. The van der Waals surface area contributed by atoms with Crippen LogP contribution in [0.4, 0.5) is 5.82 Å². The first kappa shape index (κ1) is 10.4. The van der Waals surface area contributed by atoms with Crippen molar-refractivity contribution in [1.82, 2.24) is 9.97 Å². The van der Waals surface area contributed by atoms with Crippen molar-refractivity contribution in [3.63, 3.8) is 0 Å². The van der Waals surface area contributed by atoms with Crippen LogP contribution in [-0.2, 0) is 6.54 Å². The lowest BCUT2D eigenvalue weighted by atomic mass is 10.4. The SMILES string of the molecule is Cc1ncsc1CNc1cccc(Cl)n1. The Hall–Kier alpha value is -1.13. The van der Waals surface area contributed by atoms with E-state index in [1.165, 1.54) is 4.88 Å². The Morgan fingerprint density at radius 2 is 2.33 bits per heavy atom. The van der Waals surface area contributed by atoms with Crippen LogP contribution in [0.5, 0.6) is 0 Å². The molecule has 0 aliphatic heterocycles. The van der Waals surface area contributed by atoms with Gasteiger partial charge in [0.25, 0.3) is 0 Å². The second-order valence-electron chi connectivity index (χ2n) is 3.06. The molecule has 0 saturated heterocycles. The monoisotopic (exact) mass is 239 g/mol. The van der Waals surface area contributed by atoms with Gasteiger partial charge in [-0.15, -0.1) is 11.3 Å². The van der Waals surface area contributed by atoms with Gasteiger partial charge in [0.05, 0.1) is 17.7 Å². The molecule has 2 heterocycles. The molecular formula is C10H10ClN3S. The third-order valence-corrected chi connectivity index (χ3v) is 3.14. The van der Waals surface area contributed by atoms with E-state index in [4.69, 9.17) is 11.6 Å². The summed E-state index contributed by atoms with van der Waals surface area (Å²) in [6.45, 7) is 2.74. The fourth-order valence-electron chi connectivity index (χ4n) is 1.17. The molecule has 0 aliphatic rings. The van der Waals surface area contributed by atoms with Crippen molar-refractivity contribution in [3.05, 3.63) is 39.4 Å². The van der Waals surface area contributed by atoms with E-state index in [1.807, 2.05) is 24.6 Å². The van der Waals surface area contributed by atoms with Gasteiger partial charge < -0.3 is 5.32 Å². The van der Waals surface area contributed by atoms with Gasteiger partial charge in [0.15, 0.2) is 0 Å². The highest BCUT2D eigenvalue weighted by molar-refractivity contribution is 7.09. The Bertz CT molecular complexity index is 455. The predicted molar refractivity (Wildman–Crippen MR) is 63.4 cm³/mol. The summed E-state index contributed by atoms with van der Waals surface area (Å²) in [7, 11) is 0. The second kappa shape index (κ2) is 4.59. The molecule has 5 heteroatoms. The van der Waals surface area contributed by atoms with Gasteiger partial charge in [0, 0.05) is 4.88 Å². The number of hydrogen-bond donors (Lipinski definition) is 1. The maximum absolute atomic E-state index is 5.78. The minimum absolute atomic E-state index is 0.501. The zero-order valence-corrected chi connectivity index (χ0v) is 9.77. The van der Waals surface area contributed by atoms with Crippen molar-refractivity contribution in [2.75, 3.05) is 5.32 Å². The van der Waals surface area contributed by atoms with E-state index in [-0.39, 0.29) is 0 Å². The highest BCUT2D eigenvalue weighted by Gasteiger charge is 2.01. The van der Waals surface area contributed by atoms with Crippen LogP contribution in [0.25, 0.3) is 0 Å². The van der Waals surface area contributed by atoms with E-state index in [1.54, 1.807) is 17.4 Å². The van der Waals surface area contributed by atoms with Crippen LogP contribution in [-0.4, -0.2) is 9.97 Å². The predicted octanol–water partition coefficient (Wildman–Crippen LogP) is 3.11. The summed E-state index contributed by atoms with van der Waals surface area (Å²) >= 11 is 7.41. The maximum atomic E-state index is 5.78. The van der Waals surface area contributed by atoms with Crippen molar-refractivity contribution in [2.45, 2.75) is 13.5 Å². The number of nitrogens with one attached hydrogen (secondary N) is 1. The molecule has 2 rings (SSSR count). The van der Waals surface area contributed by atoms with Crippen LogP contribution >= 0.6 is 22.9 Å². The van der Waals surface area contributed by atoms with Crippen LogP contribution < -0.4 is 5.32 Å². The Kier molecular flexibility index (Phi) is 3.18. The van der Waals surface area contributed by atoms with Gasteiger partial charge in [0.2, 0.25) is 0 Å². The number of aryl methyl sites for hydroxylation is 1. The number of hydrogen-bond acceptors (Lipinski definition) is 4. The topological polar surface area (TPSA) is 37.8 Å². The first-order valence-corrected chi connectivity index (χ1v) is 5.77. The minimum Gasteiger partial charge on any atom is -0.365 e. The molecule has 0 bridgehead atoms. The molecule has 0 atom stereocenters. The number of halogens is 1. The molecule has 15 heavy (non-hydrogen) atoms. The van der Waals surface area contributed by atoms with Crippen molar-refractivity contribution in [3.8, 4) is 0 Å². The summed E-state index contributed by atoms with van der Waals surface area (Å²) in [5.74, 6) is 0.787. The highest BCUT2D eigenvalue weighted by atomic mass is 35.5. The van der Waals surface area contributed by atoms with E-state index in [0.717, 1.165) is 18.1 Å². The molecule has 0 aromatic carbocycles. The zero-order valence-electron chi connectivity index (χ0n) is 8.20. The molecule has 1 N–H and O–H groups in total. The molecule has 78 valence electrons. The number of aromatic nitrogens is 2. The fourth-order valence-corrected chi connectivity index (χ4v) is 2.05. The van der Waals surface area contributed by atoms with Gasteiger partial charge in [-0.25, -0.2) is 9.97 Å². The van der Waals surface area contributed by atoms with Crippen LogP contribution in [0.2, 0.25) is 5.15 Å². The van der Waals surface area contributed by atoms with E-state index in [0.29, 0.717) is 5.15 Å². The van der Waals surface area contributed by atoms with Crippen molar-refractivity contribution < 1.29 is 0 Å². The second-order valence-corrected chi connectivity index (χ2v) is 4.39. The van der Waals surface area contributed by atoms with Crippen LogP contribution in [0, 0.1) is 6.92 Å². The number of nitrogens with zero attached hydrogens (tertiary/aromatic N) is 2. The molecule has 3 nitrogen and oxygen atoms in total. The quantitative estimate of drug-likeness (QED) is 0.837. The average Bonchev–Trinajstić information content (AvgIpc) is 2.61. The summed E-state index contributed by atoms with van der Waals surface area (Å²) in [6, 6.07) is 5.52. The number of pyridine rings is 1. The standard InChI is InChI=1S/C10H10ClN3S/c1-7-8(15-6-13-7)5-12-10-4-2-3-9(11)14-10/h2-4,6H,5H2,1H3,(H,12,14). The van der Waals surface area contributed by atoms with Crippen molar-refractivity contribution >= 4 is 28.8 Å². The largest absolute Gasteiger partial charge is 0.365 e. The van der Waals surface area contributed by atoms with Gasteiger partial charge in [-0.2, -0.15) is 0 Å². The maximum Gasteiger partial charge on any atom is 0.131 e. The van der Waals surface area contributed by atoms with E-state index in [2.05, 4.69) is 15.3 Å². The summed E-state index contributed by atoms with van der Waals surface area (Å²) in [5, 5.41) is 3.70. The van der Waals surface area contributed by atoms with Crippen molar-refractivity contribution in [2.24, 2.45) is 0 Å². The fraction of sp³-hybridized carbons (Fsp3) is 0.200. The van der Waals surface area contributed by atoms with Gasteiger partial charge >= 0.3 is 0 Å². The summed E-state index contributed by atoms with van der Waals surface area (Å²) < 4.78 is 0. The average molecular weight is 240 g/mol. The molecule has 2 aromatic rings. The molecule has 2 aromatic heterocycles. The first-order valence-electron chi connectivity index (χ1n) is 4.51. The Labute approximate surface area is 97.2 Å². The molecule has 0 spiro atoms. The smallest absolute Gasteiger partial charge is 0.131 e. The lowest BCUT2D eigenvalue weighted by Gasteiger charge is -2.04. The molecule has 0 radical (unpaired) electrons. The van der Waals surface area contributed by atoms with Crippen LogP contribution in [0.15, 0.2) is 23.7 Å². The lowest BCUT2D eigenvalue weighted by molar-refractivity contribution is 1.10. The Morgan fingerprint density at radius 3 is 3.00 bits per heavy atom. The van der Waals surface area contributed by atoms with Crippen LogP contribution in [0.3, 0.4) is 0 Å². The van der Waals surface area contributed by atoms with E-state index < -0.39 is 0 Å². The highest BCUT2D eigenvalue weighted by Crippen LogP contribution is 2.15. The Morgan fingerprint density at radius 1 is 1.47 bits per heavy atom. The van der Waals surface area contributed by atoms with Gasteiger partial charge in [0.1, 0.15) is 11.0 Å². The molecular weight excluding hydrogens is 230 g/mol. The Balaban J connectivity index is 2.02. The van der Waals surface area contributed by atoms with E-state index >= 15 is 0 Å². The molecule has 0 saturated carbocycles. The minimum atomic E-state index is 0.501. The normalized spacial score (nSPS) is 10.3. The van der Waals surface area contributed by atoms with Gasteiger partial charge in [-0.1, -0.05) is 17.7 Å². The summed E-state index contributed by atoms with van der Waals surface area (Å²) in [5.41, 5.74) is 2.91. The molecule has 0 aliphatic carbocycles. The lowest BCUT2D eigenvalue weighted by Crippen LogP contribution is -2.00. The first-order chi connectivity index (χ1) is 7.25. The summed E-state index contributed by atoms with van der Waals surface area (Å²) in [6.07, 6.45) is 0. The van der Waals surface area contributed by atoms with Crippen molar-refractivity contribution in [1.29, 1.82) is 0 Å². The van der Waals surface area contributed by atoms with E-state index in [9.17, 15) is 0 Å². The molecule has 0 fully saturated rings. The summed E-state index contributed by atoms with van der Waals surface area (Å²) in [4.78, 5) is 9.54. The van der Waals surface area contributed by atoms with Crippen LogP contribution in [0.1, 0.15) is 10.6 Å². The molecule has 0 amide bonds. The van der Waals surface area contributed by atoms with Gasteiger partial charge in [-0.3, -0.25) is 0 Å². The number of thiazole rings is 1. The third kappa shape index (κ3) is 2.67.